The molecule has 0 saturated heterocycles. The van der Waals surface area contributed by atoms with Gasteiger partial charge in [0, 0.05) is 7.05 Å². The van der Waals surface area contributed by atoms with Crippen LogP contribution in [-0.4, -0.2) is 7.05 Å². The van der Waals surface area contributed by atoms with Crippen LogP contribution in [0.15, 0.2) is 12.2 Å². The van der Waals surface area contributed by atoms with Crippen molar-refractivity contribution in [3.8, 4) is 0 Å². The van der Waals surface area contributed by atoms with Crippen molar-refractivity contribution in [2.75, 3.05) is 7.05 Å². The van der Waals surface area contributed by atoms with Gasteiger partial charge in [-0.1, -0.05) is 0 Å². The molecule has 0 saturated carbocycles. The molecular weight excluding hydrogens is 97.1 g/mol. The van der Waals surface area contributed by atoms with E-state index in [0.29, 0.717) is 0 Å². The number of nitrogens with two attached hydrogens (primary N) is 1. The summed E-state index contributed by atoms with van der Waals surface area (Å²) in [6.07, 6.45) is 1.01. The minimum Gasteiger partial charge on any atom is -0.364 e. The molecule has 0 radical (unpaired) electrons. The maximum Gasteiger partial charge on any atom is 0.204 e. The van der Waals surface area contributed by atoms with Crippen molar-refractivity contribution in [1.82, 2.24) is 10.7 Å². The third-order valence-corrected chi connectivity index (χ3v) is 0.449. The van der Waals surface area contributed by atoms with Crippen LogP contribution in [-0.2, 0) is 0 Å². The Kier molecular flexibility index (Phi) is 3.04. The fourth-order valence-corrected chi connectivity index (χ4v) is 0.145. The number of rotatable bonds is 2. The lowest BCUT2D eigenvalue weighted by Gasteiger charge is -1.90. The number of hydrogen-bond acceptors (Lipinski definition) is 3. The van der Waals surface area contributed by atoms with E-state index in [1.807, 2.05) is 5.43 Å². The van der Waals surface area contributed by atoms with Gasteiger partial charge in [0.15, 0.2) is 0 Å². The van der Waals surface area contributed by atoms with E-state index in [1.165, 1.54) is 7.05 Å². The highest BCUT2D eigenvalue weighted by Crippen LogP contribution is 1.80. The quantitative estimate of drug-likeness (QED) is 0.250. The van der Waals surface area contributed by atoms with Gasteiger partial charge >= 0.3 is 0 Å². The molecule has 0 aliphatic heterocycles. The normalized spacial score (nSPS) is 11.0. The third kappa shape index (κ3) is 3.05. The summed E-state index contributed by atoms with van der Waals surface area (Å²) in [4.78, 5) is 0. The molecule has 0 atom stereocenters. The standard InChI is InChI=1S/C3H8FN3/c1-6-3(4)2-7-5/h2,6-7H,5H2,1H3/b3-2-. The highest BCUT2D eigenvalue weighted by Gasteiger charge is 1.79. The third-order valence-electron chi connectivity index (χ3n) is 0.449. The van der Waals surface area contributed by atoms with Gasteiger partial charge in [-0.15, -0.1) is 0 Å². The summed E-state index contributed by atoms with van der Waals surface area (Å²) in [6, 6.07) is 0. The van der Waals surface area contributed by atoms with Crippen molar-refractivity contribution in [2.45, 2.75) is 0 Å². The SMILES string of the molecule is CN/C(F)=C\NN. The predicted octanol–water partition coefficient (Wildman–Crippen LogP) is -0.562. The summed E-state index contributed by atoms with van der Waals surface area (Å²) in [5.74, 6) is 4.21. The van der Waals surface area contributed by atoms with Gasteiger partial charge in [0.2, 0.25) is 5.95 Å². The molecule has 0 rings (SSSR count). The number of hydrogen-bond donors (Lipinski definition) is 3. The molecule has 0 unspecified atom stereocenters. The molecule has 0 heterocycles. The van der Waals surface area contributed by atoms with Crippen molar-refractivity contribution in [3.05, 3.63) is 12.2 Å². The van der Waals surface area contributed by atoms with Gasteiger partial charge < -0.3 is 10.7 Å². The zero-order valence-corrected chi connectivity index (χ0v) is 4.03. The molecule has 4 N–H and O–H groups in total. The van der Waals surface area contributed by atoms with Crippen LogP contribution in [0.4, 0.5) is 4.39 Å². The summed E-state index contributed by atoms with van der Waals surface area (Å²) < 4.78 is 11.7. The average Bonchev–Trinajstić information content (AvgIpc) is 1.68. The Labute approximate surface area is 41.4 Å². The molecule has 42 valence electrons. The molecule has 0 fully saturated rings. The van der Waals surface area contributed by atoms with Gasteiger partial charge in [0.25, 0.3) is 0 Å². The van der Waals surface area contributed by atoms with Crippen LogP contribution in [0, 0.1) is 0 Å². The molecule has 0 aliphatic rings. The predicted molar refractivity (Wildman–Crippen MR) is 25.6 cm³/mol. The number of hydrazine groups is 1. The molecule has 0 spiro atoms. The monoisotopic (exact) mass is 105 g/mol. The first-order valence-corrected chi connectivity index (χ1v) is 1.81. The summed E-state index contributed by atoms with van der Waals surface area (Å²) >= 11 is 0. The Hall–Kier alpha value is -0.770. The topological polar surface area (TPSA) is 50.1 Å². The largest absolute Gasteiger partial charge is 0.364 e. The lowest BCUT2D eigenvalue weighted by Crippen LogP contribution is -2.16. The zero-order chi connectivity index (χ0) is 5.70. The summed E-state index contributed by atoms with van der Waals surface area (Å²) in [5, 5.41) is 2.22. The van der Waals surface area contributed by atoms with Gasteiger partial charge in [-0.05, 0) is 0 Å². The Morgan fingerprint density at radius 3 is 2.57 bits per heavy atom. The minimum absolute atomic E-state index is 0.484. The Morgan fingerprint density at radius 2 is 2.43 bits per heavy atom. The maximum absolute atomic E-state index is 11.7. The van der Waals surface area contributed by atoms with Crippen LogP contribution < -0.4 is 16.6 Å². The molecule has 0 aromatic carbocycles. The van der Waals surface area contributed by atoms with E-state index < -0.39 is 5.95 Å². The lowest BCUT2D eigenvalue weighted by molar-refractivity contribution is 0.563. The van der Waals surface area contributed by atoms with Gasteiger partial charge in [-0.3, -0.25) is 5.84 Å². The zero-order valence-electron chi connectivity index (χ0n) is 4.03. The average molecular weight is 105 g/mol. The fraction of sp³-hybridized carbons (Fsp3) is 0.333. The van der Waals surface area contributed by atoms with Gasteiger partial charge in [-0.2, -0.15) is 4.39 Å². The van der Waals surface area contributed by atoms with E-state index in [4.69, 9.17) is 5.84 Å². The molecular formula is C3H8FN3. The van der Waals surface area contributed by atoms with E-state index in [9.17, 15) is 4.39 Å². The van der Waals surface area contributed by atoms with E-state index in [-0.39, 0.29) is 0 Å². The Morgan fingerprint density at radius 1 is 1.86 bits per heavy atom. The van der Waals surface area contributed by atoms with Gasteiger partial charge in [-0.25, -0.2) is 0 Å². The van der Waals surface area contributed by atoms with Gasteiger partial charge in [0.05, 0.1) is 6.20 Å². The molecule has 0 amide bonds. The summed E-state index contributed by atoms with van der Waals surface area (Å²) in [6.45, 7) is 0. The number of halogens is 1. The summed E-state index contributed by atoms with van der Waals surface area (Å²) in [7, 11) is 1.46. The number of nitrogens with one attached hydrogen (secondary N) is 2. The molecule has 3 nitrogen and oxygen atoms in total. The lowest BCUT2D eigenvalue weighted by atomic mass is 10.8. The van der Waals surface area contributed by atoms with E-state index in [0.717, 1.165) is 6.20 Å². The van der Waals surface area contributed by atoms with Crippen molar-refractivity contribution in [3.63, 3.8) is 0 Å². The van der Waals surface area contributed by atoms with Crippen molar-refractivity contribution in [2.24, 2.45) is 5.84 Å². The molecule has 0 bridgehead atoms. The maximum atomic E-state index is 11.7. The van der Waals surface area contributed by atoms with Crippen LogP contribution in [0.3, 0.4) is 0 Å². The van der Waals surface area contributed by atoms with Crippen molar-refractivity contribution < 1.29 is 4.39 Å². The van der Waals surface area contributed by atoms with Crippen LogP contribution in [0.25, 0.3) is 0 Å². The van der Waals surface area contributed by atoms with Crippen LogP contribution in [0.5, 0.6) is 0 Å². The molecule has 0 aromatic rings. The van der Waals surface area contributed by atoms with Crippen molar-refractivity contribution >= 4 is 0 Å². The Bertz CT molecular complexity index is 70.6. The molecule has 0 aliphatic carbocycles. The Balaban J connectivity index is 3.29. The van der Waals surface area contributed by atoms with Crippen LogP contribution in [0.1, 0.15) is 0 Å². The summed E-state index contributed by atoms with van der Waals surface area (Å²) in [5.41, 5.74) is 2.02. The smallest absolute Gasteiger partial charge is 0.204 e. The van der Waals surface area contributed by atoms with E-state index >= 15 is 0 Å². The van der Waals surface area contributed by atoms with E-state index in [1.54, 1.807) is 0 Å². The molecule has 4 heteroatoms. The van der Waals surface area contributed by atoms with Crippen molar-refractivity contribution in [1.29, 1.82) is 0 Å². The second-order valence-corrected chi connectivity index (χ2v) is 0.909. The second kappa shape index (κ2) is 3.42. The highest BCUT2D eigenvalue weighted by atomic mass is 19.1. The molecule has 0 aromatic heterocycles. The van der Waals surface area contributed by atoms with E-state index in [2.05, 4.69) is 5.32 Å². The first kappa shape index (κ1) is 6.23. The van der Waals surface area contributed by atoms with Crippen LogP contribution >= 0.6 is 0 Å². The minimum atomic E-state index is -0.484. The molecule has 7 heavy (non-hydrogen) atoms. The van der Waals surface area contributed by atoms with Crippen LogP contribution in [0.2, 0.25) is 0 Å². The second-order valence-electron chi connectivity index (χ2n) is 0.909. The first-order chi connectivity index (χ1) is 3.31. The highest BCUT2D eigenvalue weighted by molar-refractivity contribution is 4.82. The van der Waals surface area contributed by atoms with Gasteiger partial charge in [0.1, 0.15) is 0 Å². The first-order valence-electron chi connectivity index (χ1n) is 1.81. The fourth-order valence-electron chi connectivity index (χ4n) is 0.145.